The molecule has 90 valence electrons. The fraction of sp³-hybridized carbons (Fsp3) is 0.636. The Hall–Kier alpha value is -1.03. The van der Waals surface area contributed by atoms with Crippen molar-refractivity contribution in [2.24, 2.45) is 13.0 Å². The summed E-state index contributed by atoms with van der Waals surface area (Å²) in [5, 5.41) is 13.9. The SMILES string of the molecule is CCc1nn(C)c(CC(CC)C(=O)O)c1Cl. The third kappa shape index (κ3) is 2.55. The number of carboxylic acid groups (broad SMARTS) is 1. The molecule has 0 amide bonds. The van der Waals surface area contributed by atoms with E-state index in [1.807, 2.05) is 13.8 Å². The molecule has 0 bridgehead atoms. The van der Waals surface area contributed by atoms with Gasteiger partial charge in [0.05, 0.1) is 22.3 Å². The lowest BCUT2D eigenvalue weighted by atomic mass is 10.0. The van der Waals surface area contributed by atoms with Gasteiger partial charge < -0.3 is 5.11 Å². The minimum Gasteiger partial charge on any atom is -0.481 e. The third-order valence-corrected chi connectivity index (χ3v) is 3.22. The topological polar surface area (TPSA) is 55.1 Å². The van der Waals surface area contributed by atoms with Crippen LogP contribution in [0.15, 0.2) is 0 Å². The van der Waals surface area contributed by atoms with E-state index in [1.54, 1.807) is 11.7 Å². The zero-order valence-corrected chi connectivity index (χ0v) is 10.6. The third-order valence-electron chi connectivity index (χ3n) is 2.78. The molecular weight excluding hydrogens is 228 g/mol. The molecule has 1 heterocycles. The van der Waals surface area contributed by atoms with Gasteiger partial charge in [0.15, 0.2) is 0 Å². The van der Waals surface area contributed by atoms with Crippen LogP contribution < -0.4 is 0 Å². The summed E-state index contributed by atoms with van der Waals surface area (Å²) in [6.07, 6.45) is 1.79. The van der Waals surface area contributed by atoms with E-state index in [1.165, 1.54) is 0 Å². The molecule has 1 atom stereocenters. The Morgan fingerprint density at radius 3 is 2.56 bits per heavy atom. The lowest BCUT2D eigenvalue weighted by Gasteiger charge is -2.09. The molecule has 1 aromatic heterocycles. The molecule has 5 heteroatoms. The van der Waals surface area contributed by atoms with Crippen molar-refractivity contribution in [2.45, 2.75) is 33.1 Å². The minimum atomic E-state index is -0.780. The lowest BCUT2D eigenvalue weighted by molar-refractivity contribution is -0.141. The maximum Gasteiger partial charge on any atom is 0.306 e. The number of nitrogens with zero attached hydrogens (tertiary/aromatic N) is 2. The van der Waals surface area contributed by atoms with Crippen LogP contribution in [0.4, 0.5) is 0 Å². The van der Waals surface area contributed by atoms with Crippen molar-refractivity contribution in [2.75, 3.05) is 0 Å². The van der Waals surface area contributed by atoms with Crippen molar-refractivity contribution in [1.82, 2.24) is 9.78 Å². The van der Waals surface area contributed by atoms with Crippen LogP contribution >= 0.6 is 11.6 Å². The van der Waals surface area contributed by atoms with Crippen LogP contribution in [0.2, 0.25) is 5.02 Å². The molecule has 0 aromatic carbocycles. The van der Waals surface area contributed by atoms with E-state index in [0.717, 1.165) is 17.8 Å². The quantitative estimate of drug-likeness (QED) is 0.865. The molecule has 0 spiro atoms. The second kappa shape index (κ2) is 5.34. The molecular formula is C11H17ClN2O2. The van der Waals surface area contributed by atoms with Gasteiger partial charge in [-0.2, -0.15) is 5.10 Å². The highest BCUT2D eigenvalue weighted by atomic mass is 35.5. The number of hydrogen-bond donors (Lipinski definition) is 1. The number of aromatic nitrogens is 2. The average molecular weight is 245 g/mol. The smallest absolute Gasteiger partial charge is 0.306 e. The van der Waals surface area contributed by atoms with Gasteiger partial charge in [0.1, 0.15) is 0 Å². The lowest BCUT2D eigenvalue weighted by Crippen LogP contribution is -2.17. The van der Waals surface area contributed by atoms with Gasteiger partial charge in [0, 0.05) is 13.5 Å². The summed E-state index contributed by atoms with van der Waals surface area (Å²) in [6, 6.07) is 0. The fourth-order valence-corrected chi connectivity index (χ4v) is 2.05. The standard InChI is InChI=1S/C11H17ClN2O2/c1-4-7(11(15)16)6-9-10(12)8(5-2)13-14(9)3/h7H,4-6H2,1-3H3,(H,15,16). The van der Waals surface area contributed by atoms with Crippen LogP contribution in [-0.4, -0.2) is 20.9 Å². The molecule has 1 unspecified atom stereocenters. The second-order valence-corrected chi connectivity index (χ2v) is 4.21. The van der Waals surface area contributed by atoms with Crippen LogP contribution in [0.5, 0.6) is 0 Å². The molecule has 0 radical (unpaired) electrons. The van der Waals surface area contributed by atoms with E-state index in [4.69, 9.17) is 16.7 Å². The van der Waals surface area contributed by atoms with Crippen molar-refractivity contribution in [3.8, 4) is 0 Å². The minimum absolute atomic E-state index is 0.391. The normalized spacial score (nSPS) is 12.8. The van der Waals surface area contributed by atoms with Crippen LogP contribution in [0.25, 0.3) is 0 Å². The maximum absolute atomic E-state index is 11.0. The predicted molar refractivity (Wildman–Crippen MR) is 62.7 cm³/mol. The molecule has 0 saturated carbocycles. The molecule has 4 nitrogen and oxygen atoms in total. The average Bonchev–Trinajstić information content (AvgIpc) is 2.51. The number of aliphatic carboxylic acids is 1. The summed E-state index contributed by atoms with van der Waals surface area (Å²) in [5.41, 5.74) is 1.65. The Labute approximate surface area is 100 Å². The number of hydrogen-bond acceptors (Lipinski definition) is 2. The first-order valence-corrected chi connectivity index (χ1v) is 5.82. The van der Waals surface area contributed by atoms with Crippen LogP contribution in [0, 0.1) is 5.92 Å². The van der Waals surface area contributed by atoms with Crippen LogP contribution in [0.1, 0.15) is 31.7 Å². The van der Waals surface area contributed by atoms with Gasteiger partial charge in [-0.15, -0.1) is 0 Å². The molecule has 0 aliphatic rings. The molecule has 1 N–H and O–H groups in total. The molecule has 0 aliphatic carbocycles. The molecule has 0 saturated heterocycles. The van der Waals surface area contributed by atoms with Gasteiger partial charge in [-0.3, -0.25) is 9.48 Å². The Morgan fingerprint density at radius 1 is 1.56 bits per heavy atom. The largest absolute Gasteiger partial charge is 0.481 e. The van der Waals surface area contributed by atoms with E-state index >= 15 is 0 Å². The first-order valence-electron chi connectivity index (χ1n) is 5.44. The van der Waals surface area contributed by atoms with E-state index in [-0.39, 0.29) is 0 Å². The van der Waals surface area contributed by atoms with E-state index in [0.29, 0.717) is 17.9 Å². The highest BCUT2D eigenvalue weighted by Crippen LogP contribution is 2.24. The first-order chi connectivity index (χ1) is 7.51. The van der Waals surface area contributed by atoms with Crippen molar-refractivity contribution < 1.29 is 9.90 Å². The van der Waals surface area contributed by atoms with Crippen LogP contribution in [0.3, 0.4) is 0 Å². The summed E-state index contributed by atoms with van der Waals surface area (Å²) in [7, 11) is 1.80. The Kier molecular flexibility index (Phi) is 4.35. The van der Waals surface area contributed by atoms with Gasteiger partial charge in [0.25, 0.3) is 0 Å². The molecule has 1 aromatic rings. The summed E-state index contributed by atoms with van der Waals surface area (Å²) in [5.74, 6) is -1.17. The van der Waals surface area contributed by atoms with Crippen molar-refractivity contribution in [3.63, 3.8) is 0 Å². The van der Waals surface area contributed by atoms with Gasteiger partial charge in [-0.05, 0) is 12.8 Å². The monoisotopic (exact) mass is 244 g/mol. The predicted octanol–water partition coefficient (Wildman–Crippen LogP) is 2.29. The Bertz CT molecular complexity index is 388. The van der Waals surface area contributed by atoms with Gasteiger partial charge in [-0.25, -0.2) is 0 Å². The van der Waals surface area contributed by atoms with Crippen LogP contribution in [-0.2, 0) is 24.7 Å². The van der Waals surface area contributed by atoms with E-state index in [9.17, 15) is 4.79 Å². The number of rotatable bonds is 5. The van der Waals surface area contributed by atoms with Crippen molar-refractivity contribution in [3.05, 3.63) is 16.4 Å². The van der Waals surface area contributed by atoms with Gasteiger partial charge in [-0.1, -0.05) is 25.4 Å². The summed E-state index contributed by atoms with van der Waals surface area (Å²) >= 11 is 6.16. The number of aryl methyl sites for hydroxylation is 2. The number of halogens is 1. The highest BCUT2D eigenvalue weighted by Gasteiger charge is 2.21. The van der Waals surface area contributed by atoms with Crippen molar-refractivity contribution >= 4 is 17.6 Å². The summed E-state index contributed by atoms with van der Waals surface area (Å²) in [4.78, 5) is 11.0. The van der Waals surface area contributed by atoms with Gasteiger partial charge >= 0.3 is 5.97 Å². The Balaban J connectivity index is 2.96. The zero-order valence-electron chi connectivity index (χ0n) is 9.83. The number of carbonyl (C=O) groups is 1. The first kappa shape index (κ1) is 13.0. The maximum atomic E-state index is 11.0. The van der Waals surface area contributed by atoms with Gasteiger partial charge in [0.2, 0.25) is 0 Å². The summed E-state index contributed by atoms with van der Waals surface area (Å²) in [6.45, 7) is 3.84. The Morgan fingerprint density at radius 2 is 2.19 bits per heavy atom. The zero-order chi connectivity index (χ0) is 12.3. The van der Waals surface area contributed by atoms with E-state index in [2.05, 4.69) is 5.10 Å². The molecule has 16 heavy (non-hydrogen) atoms. The molecule has 1 rings (SSSR count). The molecule has 0 aliphatic heterocycles. The van der Waals surface area contributed by atoms with E-state index < -0.39 is 11.9 Å². The highest BCUT2D eigenvalue weighted by molar-refractivity contribution is 6.31. The summed E-state index contributed by atoms with van der Waals surface area (Å²) < 4.78 is 1.69. The fourth-order valence-electron chi connectivity index (χ4n) is 1.68. The molecule has 0 fully saturated rings. The van der Waals surface area contributed by atoms with Crippen molar-refractivity contribution in [1.29, 1.82) is 0 Å². The number of carboxylic acids is 1. The second-order valence-electron chi connectivity index (χ2n) is 3.83.